The zero-order valence-corrected chi connectivity index (χ0v) is 20.9. The van der Waals surface area contributed by atoms with E-state index in [9.17, 15) is 9.59 Å². The van der Waals surface area contributed by atoms with E-state index in [1.54, 1.807) is 25.3 Å². The Hall–Kier alpha value is -3.88. The molecule has 1 aliphatic rings. The summed E-state index contributed by atoms with van der Waals surface area (Å²) in [6.07, 6.45) is 0. The molecular weight excluding hydrogens is 500 g/mol. The maximum Gasteiger partial charge on any atom is 0.297 e. The van der Waals surface area contributed by atoms with E-state index in [0.717, 1.165) is 15.8 Å². The van der Waals surface area contributed by atoms with E-state index in [2.05, 4.69) is 0 Å². The summed E-state index contributed by atoms with van der Waals surface area (Å²) in [5.41, 5.74) is 1.72. The maximum absolute atomic E-state index is 13.8. The molecule has 0 bridgehead atoms. The minimum absolute atomic E-state index is 0.00513. The van der Waals surface area contributed by atoms with E-state index in [1.807, 2.05) is 49.4 Å². The third-order valence-electron chi connectivity index (χ3n) is 6.13. The first-order valence-corrected chi connectivity index (χ1v) is 12.4. The minimum Gasteiger partial charge on any atom is -0.497 e. The summed E-state index contributed by atoms with van der Waals surface area (Å²) in [5, 5.41) is 1.18. The molecule has 3 aromatic carbocycles. The SMILES string of the molecule is CCOc1ccc([C@H]2c3c(oc4ccc(Cl)cc4c3=O)C(=O)N2c2nc3ccc(OC)cc3s2)cc1. The highest BCUT2D eigenvalue weighted by Crippen LogP contribution is 2.44. The molecule has 36 heavy (non-hydrogen) atoms. The lowest BCUT2D eigenvalue weighted by Gasteiger charge is -2.22. The monoisotopic (exact) mass is 518 g/mol. The first kappa shape index (κ1) is 22.6. The van der Waals surface area contributed by atoms with Crippen LogP contribution in [-0.2, 0) is 0 Å². The molecule has 9 heteroatoms. The van der Waals surface area contributed by atoms with E-state index < -0.39 is 11.9 Å². The van der Waals surface area contributed by atoms with Crippen LogP contribution in [0.4, 0.5) is 5.13 Å². The second-order valence-corrected chi connectivity index (χ2v) is 9.67. The highest BCUT2D eigenvalue weighted by Gasteiger charge is 2.45. The van der Waals surface area contributed by atoms with Gasteiger partial charge in [0.05, 0.1) is 40.9 Å². The fourth-order valence-corrected chi connectivity index (χ4v) is 5.69. The maximum atomic E-state index is 13.8. The van der Waals surface area contributed by atoms with Gasteiger partial charge in [-0.2, -0.15) is 0 Å². The average Bonchev–Trinajstić information content (AvgIpc) is 3.43. The van der Waals surface area contributed by atoms with Gasteiger partial charge in [-0.3, -0.25) is 14.5 Å². The number of nitrogens with zero attached hydrogens (tertiary/aromatic N) is 2. The molecular formula is C27H19ClN2O5S. The van der Waals surface area contributed by atoms with E-state index in [0.29, 0.717) is 39.2 Å². The van der Waals surface area contributed by atoms with Crippen molar-refractivity contribution in [3.63, 3.8) is 0 Å². The fraction of sp³-hybridized carbons (Fsp3) is 0.148. The number of thiazole rings is 1. The second-order valence-electron chi connectivity index (χ2n) is 8.22. The van der Waals surface area contributed by atoms with Crippen LogP contribution < -0.4 is 19.8 Å². The molecule has 6 rings (SSSR count). The molecule has 1 atom stereocenters. The number of anilines is 1. The van der Waals surface area contributed by atoms with Crippen molar-refractivity contribution in [1.29, 1.82) is 0 Å². The van der Waals surface area contributed by atoms with Crippen LogP contribution in [0.2, 0.25) is 5.02 Å². The molecule has 7 nitrogen and oxygen atoms in total. The van der Waals surface area contributed by atoms with Gasteiger partial charge < -0.3 is 13.9 Å². The summed E-state index contributed by atoms with van der Waals surface area (Å²) in [6, 6.07) is 16.9. The van der Waals surface area contributed by atoms with Gasteiger partial charge in [0.25, 0.3) is 5.91 Å². The average molecular weight is 519 g/mol. The molecule has 0 fully saturated rings. The van der Waals surface area contributed by atoms with Gasteiger partial charge in [-0.05, 0) is 61.0 Å². The van der Waals surface area contributed by atoms with Gasteiger partial charge in [-0.15, -0.1) is 0 Å². The summed E-state index contributed by atoms with van der Waals surface area (Å²) in [6.45, 7) is 2.44. The number of amides is 1. The minimum atomic E-state index is -0.731. The Balaban J connectivity index is 1.58. The van der Waals surface area contributed by atoms with Crippen LogP contribution in [0, 0.1) is 0 Å². The Morgan fingerprint density at radius 2 is 1.83 bits per heavy atom. The van der Waals surface area contributed by atoms with Crippen molar-refractivity contribution in [1.82, 2.24) is 4.98 Å². The highest BCUT2D eigenvalue weighted by molar-refractivity contribution is 7.22. The lowest BCUT2D eigenvalue weighted by molar-refractivity contribution is 0.0971. The van der Waals surface area contributed by atoms with Gasteiger partial charge in [0.15, 0.2) is 10.6 Å². The highest BCUT2D eigenvalue weighted by atomic mass is 35.5. The fourth-order valence-electron chi connectivity index (χ4n) is 4.49. The summed E-state index contributed by atoms with van der Waals surface area (Å²) < 4.78 is 17.8. The number of hydrogen-bond donors (Lipinski definition) is 0. The third kappa shape index (κ3) is 3.53. The topological polar surface area (TPSA) is 81.9 Å². The molecule has 180 valence electrons. The molecule has 0 saturated heterocycles. The number of fused-ring (bicyclic) bond motifs is 3. The van der Waals surface area contributed by atoms with Crippen LogP contribution >= 0.6 is 22.9 Å². The van der Waals surface area contributed by atoms with Crippen LogP contribution in [-0.4, -0.2) is 24.6 Å². The van der Waals surface area contributed by atoms with E-state index in [4.69, 9.17) is 30.5 Å². The summed E-state index contributed by atoms with van der Waals surface area (Å²) in [5.74, 6) is 0.966. The summed E-state index contributed by atoms with van der Waals surface area (Å²) in [4.78, 5) is 33.8. The van der Waals surface area contributed by atoms with Crippen molar-refractivity contribution in [2.45, 2.75) is 13.0 Å². The molecule has 0 spiro atoms. The predicted octanol–water partition coefficient (Wildman–Crippen LogP) is 6.21. The first-order valence-electron chi connectivity index (χ1n) is 11.3. The molecule has 0 aliphatic carbocycles. The molecule has 0 saturated carbocycles. The number of halogens is 1. The third-order valence-corrected chi connectivity index (χ3v) is 7.38. The van der Waals surface area contributed by atoms with Crippen LogP contribution in [0.1, 0.15) is 34.6 Å². The van der Waals surface area contributed by atoms with Gasteiger partial charge in [-0.1, -0.05) is 35.1 Å². The van der Waals surface area contributed by atoms with Gasteiger partial charge in [0, 0.05) is 5.02 Å². The smallest absolute Gasteiger partial charge is 0.297 e. The number of benzene rings is 3. The second kappa shape index (κ2) is 8.65. The van der Waals surface area contributed by atoms with E-state index >= 15 is 0 Å². The van der Waals surface area contributed by atoms with Crippen molar-refractivity contribution in [3.8, 4) is 11.5 Å². The Morgan fingerprint density at radius 3 is 2.58 bits per heavy atom. The normalized spacial score (nSPS) is 15.0. The Bertz CT molecular complexity index is 1710. The first-order chi connectivity index (χ1) is 17.5. The number of carbonyl (C=O) groups is 1. The van der Waals surface area contributed by atoms with Gasteiger partial charge in [0.2, 0.25) is 5.76 Å². The number of methoxy groups -OCH3 is 1. The van der Waals surface area contributed by atoms with Crippen LogP contribution in [0.25, 0.3) is 21.2 Å². The standard InChI is InChI=1S/C27H19ClN2O5S/c1-3-34-16-7-4-14(5-8-16)23-22-24(31)18-12-15(28)6-11-20(18)35-25(22)26(32)30(23)27-29-19-10-9-17(33-2)13-21(19)36-27/h4-13,23H,3H2,1-2H3/t23-/m0/s1. The van der Waals surface area contributed by atoms with Crippen molar-refractivity contribution in [2.75, 3.05) is 18.6 Å². The van der Waals surface area contributed by atoms with Crippen molar-refractivity contribution < 1.29 is 18.7 Å². The number of ether oxygens (including phenoxy) is 2. The quantitative estimate of drug-likeness (QED) is 0.275. The zero-order valence-electron chi connectivity index (χ0n) is 19.3. The van der Waals surface area contributed by atoms with Crippen LogP contribution in [0.5, 0.6) is 11.5 Å². The molecule has 0 unspecified atom stereocenters. The summed E-state index contributed by atoms with van der Waals surface area (Å²) >= 11 is 7.52. The van der Waals surface area contributed by atoms with Crippen molar-refractivity contribution in [3.05, 3.63) is 92.8 Å². The summed E-state index contributed by atoms with van der Waals surface area (Å²) in [7, 11) is 1.60. The largest absolute Gasteiger partial charge is 0.497 e. The lowest BCUT2D eigenvalue weighted by Crippen LogP contribution is -2.29. The van der Waals surface area contributed by atoms with Crippen LogP contribution in [0.15, 0.2) is 69.9 Å². The number of hydrogen-bond acceptors (Lipinski definition) is 7. The molecule has 1 amide bonds. The van der Waals surface area contributed by atoms with Gasteiger partial charge in [-0.25, -0.2) is 4.98 Å². The number of aromatic nitrogens is 1. The number of rotatable bonds is 5. The van der Waals surface area contributed by atoms with E-state index in [1.165, 1.54) is 16.2 Å². The zero-order chi connectivity index (χ0) is 25.0. The molecule has 0 N–H and O–H groups in total. The van der Waals surface area contributed by atoms with E-state index in [-0.39, 0.29) is 16.8 Å². The van der Waals surface area contributed by atoms with Crippen LogP contribution in [0.3, 0.4) is 0 Å². The van der Waals surface area contributed by atoms with Gasteiger partial charge >= 0.3 is 0 Å². The number of carbonyl (C=O) groups excluding carboxylic acids is 1. The van der Waals surface area contributed by atoms with Crippen molar-refractivity contribution >= 4 is 55.2 Å². The molecule has 3 heterocycles. The Morgan fingerprint density at radius 1 is 1.06 bits per heavy atom. The molecule has 2 aromatic heterocycles. The lowest BCUT2D eigenvalue weighted by atomic mass is 9.98. The predicted molar refractivity (Wildman–Crippen MR) is 140 cm³/mol. The van der Waals surface area contributed by atoms with Crippen molar-refractivity contribution in [2.24, 2.45) is 0 Å². The van der Waals surface area contributed by atoms with Gasteiger partial charge in [0.1, 0.15) is 17.1 Å². The molecule has 1 aliphatic heterocycles. The molecule has 5 aromatic rings. The Labute approximate surface area is 214 Å². The molecule has 0 radical (unpaired) electrons. The Kier molecular flexibility index (Phi) is 5.43.